The van der Waals surface area contributed by atoms with Crippen molar-refractivity contribution in [3.63, 3.8) is 0 Å². The summed E-state index contributed by atoms with van der Waals surface area (Å²) in [5, 5.41) is 0. The molecule has 0 spiro atoms. The summed E-state index contributed by atoms with van der Waals surface area (Å²) in [4.78, 5) is 3.16. The summed E-state index contributed by atoms with van der Waals surface area (Å²) in [5.41, 5.74) is 1.30. The number of rotatable bonds is 2. The molecular weight excluding hydrogens is 178 g/mol. The van der Waals surface area contributed by atoms with Crippen LogP contribution in [0.4, 0.5) is 0 Å². The molecule has 1 aromatic heterocycles. The van der Waals surface area contributed by atoms with Crippen molar-refractivity contribution >= 4 is 15.9 Å². The summed E-state index contributed by atoms with van der Waals surface area (Å²) < 4.78 is 1.20. The lowest BCUT2D eigenvalue weighted by atomic mass is 10.3. The molecule has 9 heavy (non-hydrogen) atoms. The number of halogens is 1. The zero-order chi connectivity index (χ0) is 6.69. The summed E-state index contributed by atoms with van der Waals surface area (Å²) in [6.07, 6.45) is 4.28. The van der Waals surface area contributed by atoms with E-state index in [0.717, 1.165) is 6.42 Å². The Balaban J connectivity index is 2.69. The van der Waals surface area contributed by atoms with Crippen molar-refractivity contribution in [1.82, 2.24) is 4.98 Å². The molecule has 0 radical (unpaired) electrons. The fourth-order valence-corrected chi connectivity index (χ4v) is 1.27. The van der Waals surface area contributed by atoms with E-state index in [1.807, 2.05) is 12.3 Å². The summed E-state index contributed by atoms with van der Waals surface area (Å²) in [6.45, 7) is 2.17. The molecule has 1 nitrogen and oxygen atoms in total. The molecule has 0 aliphatic rings. The molecule has 0 atom stereocenters. The first-order valence-corrected chi connectivity index (χ1v) is 3.95. The van der Waals surface area contributed by atoms with Gasteiger partial charge in [-0.2, -0.15) is 0 Å². The first kappa shape index (κ1) is 6.87. The van der Waals surface area contributed by atoms with Crippen LogP contribution in [-0.4, -0.2) is 4.98 Å². The Labute approximate surface area is 63.6 Å². The molecule has 0 aliphatic carbocycles. The van der Waals surface area contributed by atoms with Crippen LogP contribution in [0.3, 0.4) is 0 Å². The lowest BCUT2D eigenvalue weighted by molar-refractivity contribution is 0.888. The first-order valence-electron chi connectivity index (χ1n) is 3.16. The smallest absolute Gasteiger partial charge is 0.0382 e. The van der Waals surface area contributed by atoms with Crippen molar-refractivity contribution in [2.75, 3.05) is 0 Å². The Hall–Kier alpha value is -0.240. The molecular formula is C7H10BrN. The molecule has 0 aromatic carbocycles. The largest absolute Gasteiger partial charge is 0.364 e. The van der Waals surface area contributed by atoms with Gasteiger partial charge in [0.2, 0.25) is 0 Å². The Morgan fingerprint density at radius 2 is 2.44 bits per heavy atom. The van der Waals surface area contributed by atoms with Crippen LogP contribution >= 0.6 is 15.9 Å². The van der Waals surface area contributed by atoms with Crippen molar-refractivity contribution < 1.29 is 0 Å². The third-order valence-electron chi connectivity index (χ3n) is 1.28. The van der Waals surface area contributed by atoms with Gasteiger partial charge in [0.1, 0.15) is 0 Å². The van der Waals surface area contributed by atoms with Gasteiger partial charge in [-0.3, -0.25) is 0 Å². The van der Waals surface area contributed by atoms with Gasteiger partial charge in [0.25, 0.3) is 0 Å². The van der Waals surface area contributed by atoms with E-state index in [0.29, 0.717) is 0 Å². The van der Waals surface area contributed by atoms with Gasteiger partial charge in [-0.15, -0.1) is 0 Å². The maximum Gasteiger partial charge on any atom is 0.0382 e. The molecule has 2 heteroatoms. The van der Waals surface area contributed by atoms with Gasteiger partial charge < -0.3 is 4.98 Å². The number of aryl methyl sites for hydroxylation is 1. The van der Waals surface area contributed by atoms with Crippen molar-refractivity contribution in [2.45, 2.75) is 19.8 Å². The predicted molar refractivity (Wildman–Crippen MR) is 42.5 cm³/mol. The SMILES string of the molecule is CCCc1[nH]ccc1Br. The van der Waals surface area contributed by atoms with E-state index in [2.05, 4.69) is 27.8 Å². The van der Waals surface area contributed by atoms with Crippen LogP contribution in [0.2, 0.25) is 0 Å². The van der Waals surface area contributed by atoms with Crippen LogP contribution in [0, 0.1) is 0 Å². The maximum atomic E-state index is 3.44. The zero-order valence-electron chi connectivity index (χ0n) is 5.45. The molecule has 1 N–H and O–H groups in total. The Morgan fingerprint density at radius 1 is 1.67 bits per heavy atom. The number of hydrogen-bond acceptors (Lipinski definition) is 0. The topological polar surface area (TPSA) is 15.8 Å². The summed E-state index contributed by atoms with van der Waals surface area (Å²) in [7, 11) is 0. The van der Waals surface area contributed by atoms with Crippen LogP contribution in [0.1, 0.15) is 19.0 Å². The monoisotopic (exact) mass is 187 g/mol. The number of aromatic amines is 1. The summed E-state index contributed by atoms with van der Waals surface area (Å²) >= 11 is 3.44. The van der Waals surface area contributed by atoms with Crippen molar-refractivity contribution in [2.24, 2.45) is 0 Å². The fraction of sp³-hybridized carbons (Fsp3) is 0.429. The van der Waals surface area contributed by atoms with E-state index >= 15 is 0 Å². The predicted octanol–water partition coefficient (Wildman–Crippen LogP) is 2.73. The average Bonchev–Trinajstić information content (AvgIpc) is 2.18. The number of nitrogens with one attached hydrogen (secondary N) is 1. The molecule has 1 heterocycles. The number of H-pyrrole nitrogens is 1. The van der Waals surface area contributed by atoms with Crippen molar-refractivity contribution in [3.8, 4) is 0 Å². The van der Waals surface area contributed by atoms with Gasteiger partial charge in [-0.05, 0) is 28.4 Å². The van der Waals surface area contributed by atoms with Gasteiger partial charge in [-0.25, -0.2) is 0 Å². The first-order chi connectivity index (χ1) is 4.34. The van der Waals surface area contributed by atoms with Crippen LogP contribution in [-0.2, 0) is 6.42 Å². The maximum absolute atomic E-state index is 3.44. The van der Waals surface area contributed by atoms with Crippen molar-refractivity contribution in [1.29, 1.82) is 0 Å². The third-order valence-corrected chi connectivity index (χ3v) is 2.02. The minimum Gasteiger partial charge on any atom is -0.364 e. The number of hydrogen-bond donors (Lipinski definition) is 1. The minimum absolute atomic E-state index is 1.13. The summed E-state index contributed by atoms with van der Waals surface area (Å²) in [6, 6.07) is 2.03. The molecule has 0 bridgehead atoms. The molecule has 0 fully saturated rings. The van der Waals surface area contributed by atoms with E-state index in [4.69, 9.17) is 0 Å². The molecule has 0 amide bonds. The van der Waals surface area contributed by atoms with Crippen LogP contribution < -0.4 is 0 Å². The van der Waals surface area contributed by atoms with Gasteiger partial charge >= 0.3 is 0 Å². The Bertz CT molecular complexity index is 181. The Morgan fingerprint density at radius 3 is 2.89 bits per heavy atom. The van der Waals surface area contributed by atoms with Crippen LogP contribution in [0.25, 0.3) is 0 Å². The van der Waals surface area contributed by atoms with E-state index < -0.39 is 0 Å². The second-order valence-electron chi connectivity index (χ2n) is 2.05. The Kier molecular flexibility index (Phi) is 2.34. The number of aromatic nitrogens is 1. The second-order valence-corrected chi connectivity index (χ2v) is 2.91. The van der Waals surface area contributed by atoms with Gasteiger partial charge in [-0.1, -0.05) is 13.3 Å². The highest BCUT2D eigenvalue weighted by Gasteiger charge is 1.96. The molecule has 0 saturated heterocycles. The van der Waals surface area contributed by atoms with E-state index in [1.165, 1.54) is 16.6 Å². The van der Waals surface area contributed by atoms with Gasteiger partial charge in [0, 0.05) is 16.4 Å². The van der Waals surface area contributed by atoms with Crippen molar-refractivity contribution in [3.05, 3.63) is 22.4 Å². The highest BCUT2D eigenvalue weighted by molar-refractivity contribution is 9.10. The highest BCUT2D eigenvalue weighted by Crippen LogP contribution is 2.15. The standard InChI is InChI=1S/C7H10BrN/c1-2-3-7-6(8)4-5-9-7/h4-5,9H,2-3H2,1H3. The van der Waals surface area contributed by atoms with E-state index in [9.17, 15) is 0 Å². The van der Waals surface area contributed by atoms with Gasteiger partial charge in [0.15, 0.2) is 0 Å². The normalized spacial score (nSPS) is 10.0. The summed E-state index contributed by atoms with van der Waals surface area (Å²) in [5.74, 6) is 0. The molecule has 0 saturated carbocycles. The second kappa shape index (κ2) is 3.06. The van der Waals surface area contributed by atoms with Crippen LogP contribution in [0.5, 0.6) is 0 Å². The minimum atomic E-state index is 1.13. The average molecular weight is 188 g/mol. The molecule has 0 aliphatic heterocycles. The molecule has 50 valence electrons. The lowest BCUT2D eigenvalue weighted by Crippen LogP contribution is -1.81. The van der Waals surface area contributed by atoms with Gasteiger partial charge in [0.05, 0.1) is 0 Å². The molecule has 0 unspecified atom stereocenters. The lowest BCUT2D eigenvalue weighted by Gasteiger charge is -1.92. The quantitative estimate of drug-likeness (QED) is 0.734. The molecule has 1 aromatic rings. The van der Waals surface area contributed by atoms with Crippen LogP contribution in [0.15, 0.2) is 16.7 Å². The van der Waals surface area contributed by atoms with E-state index in [1.54, 1.807) is 0 Å². The zero-order valence-corrected chi connectivity index (χ0v) is 7.03. The fourth-order valence-electron chi connectivity index (χ4n) is 0.827. The van der Waals surface area contributed by atoms with E-state index in [-0.39, 0.29) is 0 Å². The molecule has 1 rings (SSSR count). The third kappa shape index (κ3) is 1.58. The highest BCUT2D eigenvalue weighted by atomic mass is 79.9.